The molecule has 0 unspecified atom stereocenters. The van der Waals surface area contributed by atoms with E-state index in [1.54, 1.807) is 0 Å². The summed E-state index contributed by atoms with van der Waals surface area (Å²) in [7, 11) is 0. The fourth-order valence-corrected chi connectivity index (χ4v) is 4.45. The van der Waals surface area contributed by atoms with E-state index in [0.29, 0.717) is 5.91 Å². The first kappa shape index (κ1) is 18.3. The van der Waals surface area contributed by atoms with E-state index in [0.717, 1.165) is 44.9 Å². The molecule has 1 heterocycles. The minimum absolute atomic E-state index is 0.372. The predicted molar refractivity (Wildman–Crippen MR) is 105 cm³/mol. The fraction of sp³-hybridized carbons (Fsp3) is 0.682. The number of carbonyl (C=O) groups excluding carboxylic acids is 1. The van der Waals surface area contributed by atoms with Gasteiger partial charge in [0.25, 0.3) is 0 Å². The lowest BCUT2D eigenvalue weighted by Crippen LogP contribution is -2.49. The number of benzene rings is 1. The van der Waals surface area contributed by atoms with Gasteiger partial charge in [0, 0.05) is 38.3 Å². The van der Waals surface area contributed by atoms with Crippen LogP contribution >= 0.6 is 0 Å². The van der Waals surface area contributed by atoms with Crippen molar-refractivity contribution in [3.63, 3.8) is 0 Å². The van der Waals surface area contributed by atoms with Gasteiger partial charge >= 0.3 is 0 Å². The van der Waals surface area contributed by atoms with Gasteiger partial charge < -0.3 is 9.80 Å². The first-order chi connectivity index (χ1) is 12.1. The molecule has 1 aromatic rings. The van der Waals surface area contributed by atoms with Gasteiger partial charge in [0.05, 0.1) is 0 Å². The second-order valence-electron chi connectivity index (χ2n) is 7.98. The molecular formula is C22H34N2O. The van der Waals surface area contributed by atoms with Crippen LogP contribution in [0, 0.1) is 19.8 Å². The molecule has 0 aromatic heterocycles. The molecule has 138 valence electrons. The Balaban J connectivity index is 1.42. The van der Waals surface area contributed by atoms with E-state index in [9.17, 15) is 4.79 Å². The van der Waals surface area contributed by atoms with Crippen LogP contribution in [0.5, 0.6) is 0 Å². The Hall–Kier alpha value is -1.51. The second kappa shape index (κ2) is 8.73. The van der Waals surface area contributed by atoms with Crippen molar-refractivity contribution >= 4 is 11.6 Å². The summed E-state index contributed by atoms with van der Waals surface area (Å²) in [6.07, 6.45) is 10.1. The van der Waals surface area contributed by atoms with E-state index in [1.165, 1.54) is 55.3 Å². The van der Waals surface area contributed by atoms with Crippen LogP contribution in [0.1, 0.15) is 62.5 Å². The van der Waals surface area contributed by atoms with E-state index >= 15 is 0 Å². The second-order valence-corrected chi connectivity index (χ2v) is 7.98. The van der Waals surface area contributed by atoms with Crippen LogP contribution in [0.4, 0.5) is 5.69 Å². The highest BCUT2D eigenvalue weighted by molar-refractivity contribution is 5.76. The number of carbonyl (C=O) groups is 1. The lowest BCUT2D eigenvalue weighted by Gasteiger charge is -2.37. The summed E-state index contributed by atoms with van der Waals surface area (Å²) >= 11 is 0. The quantitative estimate of drug-likeness (QED) is 0.774. The Morgan fingerprint density at radius 3 is 2.48 bits per heavy atom. The molecular weight excluding hydrogens is 308 g/mol. The van der Waals surface area contributed by atoms with Crippen LogP contribution in [0.15, 0.2) is 18.2 Å². The Morgan fingerprint density at radius 1 is 1.04 bits per heavy atom. The number of nitrogens with zero attached hydrogens (tertiary/aromatic N) is 2. The van der Waals surface area contributed by atoms with Gasteiger partial charge in [-0.15, -0.1) is 0 Å². The Morgan fingerprint density at radius 2 is 1.76 bits per heavy atom. The Labute approximate surface area is 153 Å². The van der Waals surface area contributed by atoms with Crippen LogP contribution in [0.2, 0.25) is 0 Å². The third-order valence-corrected chi connectivity index (χ3v) is 6.28. The van der Waals surface area contributed by atoms with E-state index in [4.69, 9.17) is 0 Å². The van der Waals surface area contributed by atoms with Gasteiger partial charge in [-0.2, -0.15) is 0 Å². The number of anilines is 1. The molecule has 0 atom stereocenters. The lowest BCUT2D eigenvalue weighted by molar-refractivity contribution is -0.131. The fourth-order valence-electron chi connectivity index (χ4n) is 4.45. The van der Waals surface area contributed by atoms with E-state index in [1.807, 2.05) is 0 Å². The van der Waals surface area contributed by atoms with Crippen LogP contribution < -0.4 is 4.90 Å². The maximum atomic E-state index is 12.5. The summed E-state index contributed by atoms with van der Waals surface area (Å²) in [6.45, 7) is 8.03. The molecule has 3 heteroatoms. The Bertz CT molecular complexity index is 569. The normalized spacial score (nSPS) is 19.3. The molecule has 1 saturated carbocycles. The number of hydrogen-bond acceptors (Lipinski definition) is 2. The zero-order valence-corrected chi connectivity index (χ0v) is 16.1. The predicted octanol–water partition coefficient (Wildman–Crippen LogP) is 4.70. The highest BCUT2D eigenvalue weighted by Crippen LogP contribution is 2.28. The molecule has 0 bridgehead atoms. The summed E-state index contributed by atoms with van der Waals surface area (Å²) in [6, 6.07) is 6.52. The van der Waals surface area contributed by atoms with Crippen molar-refractivity contribution in [2.24, 2.45) is 5.92 Å². The summed E-state index contributed by atoms with van der Waals surface area (Å²) < 4.78 is 0. The summed E-state index contributed by atoms with van der Waals surface area (Å²) in [5.74, 6) is 1.26. The number of hydrogen-bond donors (Lipinski definition) is 0. The smallest absolute Gasteiger partial charge is 0.222 e. The lowest BCUT2D eigenvalue weighted by atomic mass is 9.86. The zero-order valence-electron chi connectivity index (χ0n) is 16.1. The number of rotatable bonds is 5. The minimum Gasteiger partial charge on any atom is -0.368 e. The van der Waals surface area contributed by atoms with Crippen molar-refractivity contribution in [3.05, 3.63) is 29.3 Å². The number of piperazine rings is 1. The molecule has 1 aliphatic carbocycles. The molecule has 1 aliphatic heterocycles. The summed E-state index contributed by atoms with van der Waals surface area (Å²) in [5.41, 5.74) is 4.05. The largest absolute Gasteiger partial charge is 0.368 e. The van der Waals surface area contributed by atoms with Gasteiger partial charge in [0.1, 0.15) is 0 Å². The van der Waals surface area contributed by atoms with Gasteiger partial charge in [-0.3, -0.25) is 4.79 Å². The molecule has 25 heavy (non-hydrogen) atoms. The van der Waals surface area contributed by atoms with Crippen molar-refractivity contribution < 1.29 is 4.79 Å². The van der Waals surface area contributed by atoms with Crippen molar-refractivity contribution in [1.82, 2.24) is 4.90 Å². The topological polar surface area (TPSA) is 23.6 Å². The molecule has 3 rings (SSSR count). The van der Waals surface area contributed by atoms with Crippen molar-refractivity contribution in [1.29, 1.82) is 0 Å². The molecule has 0 radical (unpaired) electrons. The highest BCUT2D eigenvalue weighted by Gasteiger charge is 2.22. The maximum Gasteiger partial charge on any atom is 0.222 e. The average molecular weight is 343 g/mol. The molecule has 3 nitrogen and oxygen atoms in total. The monoisotopic (exact) mass is 342 g/mol. The highest BCUT2D eigenvalue weighted by atomic mass is 16.2. The van der Waals surface area contributed by atoms with Gasteiger partial charge in [-0.1, -0.05) is 44.2 Å². The minimum atomic E-state index is 0.372. The molecule has 0 N–H and O–H groups in total. The van der Waals surface area contributed by atoms with Crippen LogP contribution in [-0.4, -0.2) is 37.0 Å². The van der Waals surface area contributed by atoms with Crippen LogP contribution in [0.3, 0.4) is 0 Å². The molecule has 2 fully saturated rings. The van der Waals surface area contributed by atoms with E-state index in [2.05, 4.69) is 41.8 Å². The van der Waals surface area contributed by atoms with Gasteiger partial charge in [-0.25, -0.2) is 0 Å². The average Bonchev–Trinajstić information content (AvgIpc) is 2.65. The molecule has 2 aliphatic rings. The van der Waals surface area contributed by atoms with Crippen molar-refractivity contribution in [2.75, 3.05) is 31.1 Å². The van der Waals surface area contributed by atoms with Crippen LogP contribution in [-0.2, 0) is 4.79 Å². The molecule has 1 aromatic carbocycles. The van der Waals surface area contributed by atoms with Crippen LogP contribution in [0.25, 0.3) is 0 Å². The van der Waals surface area contributed by atoms with Gasteiger partial charge in [0.2, 0.25) is 5.91 Å². The van der Waals surface area contributed by atoms with Gasteiger partial charge in [0.15, 0.2) is 0 Å². The zero-order chi connectivity index (χ0) is 17.6. The maximum absolute atomic E-state index is 12.5. The SMILES string of the molecule is Cc1cccc(N2CCN(C(=O)CCCC3CCCCC3)CC2)c1C. The molecule has 1 amide bonds. The summed E-state index contributed by atoms with van der Waals surface area (Å²) in [4.78, 5) is 17.0. The van der Waals surface area contributed by atoms with Gasteiger partial charge in [-0.05, 0) is 49.8 Å². The summed E-state index contributed by atoms with van der Waals surface area (Å²) in [5, 5.41) is 0. The Kier molecular flexibility index (Phi) is 6.39. The van der Waals surface area contributed by atoms with Crippen molar-refractivity contribution in [2.45, 2.75) is 65.2 Å². The van der Waals surface area contributed by atoms with E-state index in [-0.39, 0.29) is 0 Å². The third-order valence-electron chi connectivity index (χ3n) is 6.28. The first-order valence-electron chi connectivity index (χ1n) is 10.2. The number of amides is 1. The standard InChI is InChI=1S/C22H34N2O/c1-18-8-6-12-21(19(18)2)23-14-16-24(17-15-23)22(25)13-7-11-20-9-4-3-5-10-20/h6,8,12,20H,3-5,7,9-11,13-17H2,1-2H3. The van der Waals surface area contributed by atoms with E-state index < -0.39 is 0 Å². The third kappa shape index (κ3) is 4.77. The first-order valence-corrected chi connectivity index (χ1v) is 10.2. The van der Waals surface area contributed by atoms with Crippen molar-refractivity contribution in [3.8, 4) is 0 Å². The number of aryl methyl sites for hydroxylation is 1. The molecule has 0 spiro atoms. The molecule has 1 saturated heterocycles.